The maximum atomic E-state index is 12.9. The molecular formula is C23H25F3N2O5S. The zero-order valence-electron chi connectivity index (χ0n) is 18.5. The summed E-state index contributed by atoms with van der Waals surface area (Å²) < 4.78 is 70.5. The molecule has 7 nitrogen and oxygen atoms in total. The first-order valence-electron chi connectivity index (χ1n) is 10.7. The lowest BCUT2D eigenvalue weighted by atomic mass is 9.98. The molecule has 0 unspecified atom stereocenters. The number of amides is 1. The smallest absolute Gasteiger partial charge is 0.416 e. The number of alkyl halides is 3. The standard InChI is InChI=1S/C23H25F3N2O5S/c1-2-16-5-3-7-19(13-16)27-21(29)15-33-22(30)17-9-11-28(12-10-17)34(31,32)20-8-4-6-18(14-20)23(24,25)26/h3-8,13-14,17H,2,9-12,15H2,1H3,(H,27,29). The van der Waals surface area contributed by atoms with Gasteiger partial charge in [-0.3, -0.25) is 9.59 Å². The van der Waals surface area contributed by atoms with Crippen molar-refractivity contribution in [3.05, 3.63) is 59.7 Å². The van der Waals surface area contributed by atoms with Crippen molar-refractivity contribution in [1.82, 2.24) is 4.31 Å². The molecule has 0 bridgehead atoms. The van der Waals surface area contributed by atoms with Crippen LogP contribution in [0.25, 0.3) is 0 Å². The van der Waals surface area contributed by atoms with Crippen LogP contribution in [0.2, 0.25) is 0 Å². The predicted octanol–water partition coefficient (Wildman–Crippen LogP) is 3.85. The molecular weight excluding hydrogens is 473 g/mol. The lowest BCUT2D eigenvalue weighted by molar-refractivity contribution is -0.152. The minimum Gasteiger partial charge on any atom is -0.455 e. The minimum absolute atomic E-state index is 0.0473. The highest BCUT2D eigenvalue weighted by molar-refractivity contribution is 7.89. The van der Waals surface area contributed by atoms with Crippen LogP contribution in [0.4, 0.5) is 18.9 Å². The maximum absolute atomic E-state index is 12.9. The molecule has 11 heteroatoms. The van der Waals surface area contributed by atoms with Crippen LogP contribution in [0.15, 0.2) is 53.4 Å². The second-order valence-electron chi connectivity index (χ2n) is 7.91. The van der Waals surface area contributed by atoms with Crippen LogP contribution in [0, 0.1) is 5.92 Å². The van der Waals surface area contributed by atoms with Crippen molar-refractivity contribution in [2.24, 2.45) is 5.92 Å². The second kappa shape index (κ2) is 10.6. The third-order valence-electron chi connectivity index (χ3n) is 5.55. The summed E-state index contributed by atoms with van der Waals surface area (Å²) in [6.45, 7) is 1.42. The lowest BCUT2D eigenvalue weighted by Gasteiger charge is -2.30. The number of nitrogens with one attached hydrogen (secondary N) is 1. The Labute approximate surface area is 196 Å². The molecule has 0 aromatic heterocycles. The normalized spacial score (nSPS) is 15.6. The Balaban J connectivity index is 1.52. The van der Waals surface area contributed by atoms with E-state index < -0.39 is 51.1 Å². The van der Waals surface area contributed by atoms with E-state index in [4.69, 9.17) is 4.74 Å². The molecule has 1 heterocycles. The van der Waals surface area contributed by atoms with Gasteiger partial charge in [0.15, 0.2) is 6.61 Å². The van der Waals surface area contributed by atoms with Crippen LogP contribution in [0.1, 0.15) is 30.9 Å². The summed E-state index contributed by atoms with van der Waals surface area (Å²) in [6.07, 6.45) is -3.58. The number of sulfonamides is 1. The van der Waals surface area contributed by atoms with E-state index >= 15 is 0 Å². The molecule has 34 heavy (non-hydrogen) atoms. The zero-order chi connectivity index (χ0) is 24.9. The van der Waals surface area contributed by atoms with Gasteiger partial charge in [0.1, 0.15) is 0 Å². The molecule has 2 aromatic carbocycles. The van der Waals surface area contributed by atoms with Gasteiger partial charge in [-0.2, -0.15) is 17.5 Å². The zero-order valence-corrected chi connectivity index (χ0v) is 19.3. The van der Waals surface area contributed by atoms with Gasteiger partial charge in [-0.05, 0) is 55.2 Å². The van der Waals surface area contributed by atoms with Crippen molar-refractivity contribution < 1.29 is 35.9 Å². The Morgan fingerprint density at radius 1 is 1.09 bits per heavy atom. The van der Waals surface area contributed by atoms with Gasteiger partial charge in [0.2, 0.25) is 10.0 Å². The molecule has 0 atom stereocenters. The number of benzene rings is 2. The molecule has 1 fully saturated rings. The number of anilines is 1. The van der Waals surface area contributed by atoms with Gasteiger partial charge in [0.25, 0.3) is 5.91 Å². The number of esters is 1. The van der Waals surface area contributed by atoms with Crippen LogP contribution in [0.3, 0.4) is 0 Å². The van der Waals surface area contributed by atoms with Crippen molar-refractivity contribution >= 4 is 27.6 Å². The number of hydrogen-bond donors (Lipinski definition) is 1. The molecule has 1 aliphatic rings. The number of ether oxygens (including phenoxy) is 1. The maximum Gasteiger partial charge on any atom is 0.416 e. The molecule has 0 saturated carbocycles. The van der Waals surface area contributed by atoms with Crippen molar-refractivity contribution in [2.45, 2.75) is 37.3 Å². The fourth-order valence-corrected chi connectivity index (χ4v) is 5.15. The molecule has 184 valence electrons. The molecule has 1 saturated heterocycles. The van der Waals surface area contributed by atoms with E-state index in [1.54, 1.807) is 6.07 Å². The van der Waals surface area contributed by atoms with Gasteiger partial charge in [0, 0.05) is 18.8 Å². The van der Waals surface area contributed by atoms with Crippen LogP contribution in [0.5, 0.6) is 0 Å². The summed E-state index contributed by atoms with van der Waals surface area (Å²) in [4.78, 5) is 24.0. The van der Waals surface area contributed by atoms with Gasteiger partial charge in [0.05, 0.1) is 16.4 Å². The fraction of sp³-hybridized carbons (Fsp3) is 0.391. The summed E-state index contributed by atoms with van der Waals surface area (Å²) in [7, 11) is -4.14. The largest absolute Gasteiger partial charge is 0.455 e. The van der Waals surface area contributed by atoms with Gasteiger partial charge in [-0.1, -0.05) is 25.1 Å². The first-order valence-corrected chi connectivity index (χ1v) is 12.2. The topological polar surface area (TPSA) is 92.8 Å². The molecule has 2 aromatic rings. The summed E-state index contributed by atoms with van der Waals surface area (Å²) in [5, 5.41) is 2.65. The van der Waals surface area contributed by atoms with E-state index in [0.717, 1.165) is 34.5 Å². The first-order chi connectivity index (χ1) is 16.0. The monoisotopic (exact) mass is 498 g/mol. The van der Waals surface area contributed by atoms with Crippen LogP contribution >= 0.6 is 0 Å². The Bertz CT molecular complexity index is 1140. The molecule has 3 rings (SSSR count). The Hall–Kier alpha value is -2.92. The molecule has 1 aliphatic heterocycles. The van der Waals surface area contributed by atoms with E-state index in [0.29, 0.717) is 11.8 Å². The Kier molecular flexibility index (Phi) is 7.98. The number of carbonyl (C=O) groups is 2. The van der Waals surface area contributed by atoms with E-state index in [-0.39, 0.29) is 25.9 Å². The van der Waals surface area contributed by atoms with Gasteiger partial charge < -0.3 is 10.1 Å². The highest BCUT2D eigenvalue weighted by Gasteiger charge is 2.35. The van der Waals surface area contributed by atoms with Crippen molar-refractivity contribution in [1.29, 1.82) is 0 Å². The number of aryl methyl sites for hydroxylation is 1. The van der Waals surface area contributed by atoms with Crippen molar-refractivity contribution in [2.75, 3.05) is 25.0 Å². The predicted molar refractivity (Wildman–Crippen MR) is 118 cm³/mol. The summed E-state index contributed by atoms with van der Waals surface area (Å²) in [5.74, 6) is -1.72. The molecule has 0 radical (unpaired) electrons. The highest BCUT2D eigenvalue weighted by Crippen LogP contribution is 2.32. The summed E-state index contributed by atoms with van der Waals surface area (Å²) in [5.41, 5.74) is 0.585. The van der Waals surface area contributed by atoms with Gasteiger partial charge in [-0.15, -0.1) is 0 Å². The van der Waals surface area contributed by atoms with E-state index in [9.17, 15) is 31.2 Å². The molecule has 1 N–H and O–H groups in total. The minimum atomic E-state index is -4.66. The average Bonchev–Trinajstić information content (AvgIpc) is 2.82. The third-order valence-corrected chi connectivity index (χ3v) is 7.45. The summed E-state index contributed by atoms with van der Waals surface area (Å²) >= 11 is 0. The Morgan fingerprint density at radius 3 is 2.41 bits per heavy atom. The Morgan fingerprint density at radius 2 is 1.76 bits per heavy atom. The molecule has 0 aliphatic carbocycles. The first kappa shape index (κ1) is 25.7. The van der Waals surface area contributed by atoms with Gasteiger partial charge >= 0.3 is 12.1 Å². The number of rotatable bonds is 7. The van der Waals surface area contributed by atoms with E-state index in [1.165, 1.54) is 0 Å². The van der Waals surface area contributed by atoms with Crippen LogP contribution in [-0.4, -0.2) is 44.3 Å². The third kappa shape index (κ3) is 6.35. The number of nitrogens with zero attached hydrogens (tertiary/aromatic N) is 1. The highest BCUT2D eigenvalue weighted by atomic mass is 32.2. The quantitative estimate of drug-likeness (QED) is 0.586. The van der Waals surface area contributed by atoms with Crippen LogP contribution < -0.4 is 5.32 Å². The van der Waals surface area contributed by atoms with E-state index in [2.05, 4.69) is 5.32 Å². The number of carbonyl (C=O) groups excluding carboxylic acids is 2. The van der Waals surface area contributed by atoms with Crippen LogP contribution in [-0.2, 0) is 36.9 Å². The number of halogens is 3. The molecule has 1 amide bonds. The SMILES string of the molecule is CCc1cccc(NC(=O)COC(=O)C2CCN(S(=O)(=O)c3cccc(C(F)(F)F)c3)CC2)c1. The fourth-order valence-electron chi connectivity index (χ4n) is 3.63. The van der Waals surface area contributed by atoms with Crippen molar-refractivity contribution in [3.8, 4) is 0 Å². The number of hydrogen-bond acceptors (Lipinski definition) is 5. The average molecular weight is 499 g/mol. The number of piperidine rings is 1. The van der Waals surface area contributed by atoms with Gasteiger partial charge in [-0.25, -0.2) is 8.42 Å². The lowest BCUT2D eigenvalue weighted by Crippen LogP contribution is -2.41. The summed E-state index contributed by atoms with van der Waals surface area (Å²) in [6, 6.07) is 10.8. The van der Waals surface area contributed by atoms with Crippen molar-refractivity contribution in [3.63, 3.8) is 0 Å². The molecule has 0 spiro atoms. The van der Waals surface area contributed by atoms with E-state index in [1.807, 2.05) is 25.1 Å². The second-order valence-corrected chi connectivity index (χ2v) is 9.85.